The zero-order valence-electron chi connectivity index (χ0n) is 33.0. The Bertz CT molecular complexity index is 2210. The summed E-state index contributed by atoms with van der Waals surface area (Å²) in [4.78, 5) is 2.05. The summed E-state index contributed by atoms with van der Waals surface area (Å²) >= 11 is 0. The fraction of sp³-hybridized carbons (Fsp3) is 0.400. The summed E-state index contributed by atoms with van der Waals surface area (Å²) < 4.78 is 34.2. The molecule has 10 aliphatic rings. The molecule has 0 radical (unpaired) electrons. The van der Waals surface area contributed by atoms with Crippen molar-refractivity contribution in [1.82, 2.24) is 0 Å². The Morgan fingerprint density at radius 3 is 1.26 bits per heavy atom. The highest BCUT2D eigenvalue weighted by Crippen LogP contribution is 2.62. The van der Waals surface area contributed by atoms with Crippen LogP contribution in [0.15, 0.2) is 109 Å². The molecule has 0 atom stereocenters. The summed E-state index contributed by atoms with van der Waals surface area (Å²) in [6, 6.07) is 35.1. The van der Waals surface area contributed by atoms with Crippen LogP contribution in [0.3, 0.4) is 0 Å². The van der Waals surface area contributed by atoms with Gasteiger partial charge in [-0.25, -0.2) is 0 Å². The van der Waals surface area contributed by atoms with E-state index < -0.39 is 0 Å². The lowest BCUT2D eigenvalue weighted by molar-refractivity contribution is -0.00535. The van der Waals surface area contributed by atoms with Crippen LogP contribution >= 0.6 is 0 Å². The van der Waals surface area contributed by atoms with E-state index in [1.165, 1.54) is 88.2 Å². The van der Waals surface area contributed by atoms with E-state index in [4.69, 9.17) is 9.47 Å². The fourth-order valence-electron chi connectivity index (χ4n) is 14.6. The number of nitrogens with zero attached hydrogens (tertiary/aromatic N) is 1. The van der Waals surface area contributed by atoms with Crippen molar-refractivity contribution in [3.05, 3.63) is 120 Å². The van der Waals surface area contributed by atoms with Crippen molar-refractivity contribution in [3.8, 4) is 23.0 Å². The zero-order valence-corrected chi connectivity index (χ0v) is 31.0. The average Bonchev–Trinajstić information content (AvgIpc) is 3.20. The molecule has 0 spiro atoms. The van der Waals surface area contributed by atoms with Crippen molar-refractivity contribution >= 4 is 40.2 Å². The van der Waals surface area contributed by atoms with Crippen molar-refractivity contribution in [2.24, 2.45) is 35.5 Å². The van der Waals surface area contributed by atoms with Gasteiger partial charge in [0, 0.05) is 28.9 Å². The highest BCUT2D eigenvalue weighted by atomic mass is 16.5. The summed E-state index contributed by atoms with van der Waals surface area (Å²) in [5.74, 6) is 7.93. The van der Waals surface area contributed by atoms with Crippen LogP contribution in [0.5, 0.6) is 23.0 Å². The maximum absolute atomic E-state index is 10.0. The molecule has 0 unspecified atom stereocenters. The van der Waals surface area contributed by atoms with Gasteiger partial charge in [0.25, 0.3) is 6.71 Å². The van der Waals surface area contributed by atoms with Crippen molar-refractivity contribution in [1.29, 1.82) is 0 Å². The SMILES string of the molecule is [2H]c1c2c3c(c([2H])c1N(c1ccccc1)c1ccccc1)Oc1cc(C45CC6CC(CC(C6)C4)C5)ccc1B3c1ccc(C34CC5CC(CC(C5)C3)C4)cc1O2. The summed E-state index contributed by atoms with van der Waals surface area (Å²) in [6.07, 6.45) is 16.3. The van der Waals surface area contributed by atoms with E-state index in [9.17, 15) is 2.74 Å². The van der Waals surface area contributed by atoms with Crippen LogP contribution in [0.2, 0.25) is 0 Å². The van der Waals surface area contributed by atoms with E-state index in [0.29, 0.717) is 17.2 Å². The Labute approximate surface area is 323 Å². The molecule has 2 aliphatic heterocycles. The summed E-state index contributed by atoms with van der Waals surface area (Å²) in [6.45, 7) is -0.174. The first-order chi connectivity index (χ1) is 27.4. The number of ether oxygens (including phenoxy) is 2. The second-order valence-corrected chi connectivity index (χ2v) is 19.2. The third-order valence-electron chi connectivity index (χ3n) is 15.9. The maximum atomic E-state index is 10.0. The van der Waals surface area contributed by atoms with Gasteiger partial charge < -0.3 is 14.4 Å². The van der Waals surface area contributed by atoms with Gasteiger partial charge in [0.2, 0.25) is 0 Å². The van der Waals surface area contributed by atoms with Crippen LogP contribution in [-0.2, 0) is 10.8 Å². The lowest BCUT2D eigenvalue weighted by Gasteiger charge is -2.57. The van der Waals surface area contributed by atoms with Crippen molar-refractivity contribution < 1.29 is 12.2 Å². The van der Waals surface area contributed by atoms with Gasteiger partial charge >= 0.3 is 0 Å². The predicted molar refractivity (Wildman–Crippen MR) is 219 cm³/mol. The molecule has 15 rings (SSSR count). The minimum absolute atomic E-state index is 0.174. The predicted octanol–water partition coefficient (Wildman–Crippen LogP) is 10.8. The monoisotopic (exact) mass is 707 g/mol. The molecule has 8 bridgehead atoms. The van der Waals surface area contributed by atoms with Crippen LogP contribution < -0.4 is 30.8 Å². The smallest absolute Gasteiger partial charge is 0.260 e. The average molecular weight is 708 g/mol. The van der Waals surface area contributed by atoms with E-state index in [1.807, 2.05) is 41.3 Å². The lowest BCUT2D eigenvalue weighted by Crippen LogP contribution is -2.58. The topological polar surface area (TPSA) is 21.7 Å². The van der Waals surface area contributed by atoms with E-state index in [0.717, 1.165) is 74.8 Å². The minimum Gasteiger partial charge on any atom is -0.458 e. The van der Waals surface area contributed by atoms with Crippen LogP contribution in [0.1, 0.15) is 90.9 Å². The summed E-state index contributed by atoms with van der Waals surface area (Å²) in [7, 11) is 0. The number of hydrogen-bond donors (Lipinski definition) is 0. The fourth-order valence-corrected chi connectivity index (χ4v) is 14.6. The Balaban J connectivity index is 1.01. The van der Waals surface area contributed by atoms with Crippen LogP contribution in [0.4, 0.5) is 17.1 Å². The number of anilines is 3. The van der Waals surface area contributed by atoms with Crippen molar-refractivity contribution in [2.75, 3.05) is 4.90 Å². The molecule has 268 valence electrons. The van der Waals surface area contributed by atoms with Crippen LogP contribution in [0.25, 0.3) is 0 Å². The van der Waals surface area contributed by atoms with Gasteiger partial charge in [0.05, 0.1) is 8.43 Å². The number of benzene rings is 5. The standard InChI is InChI=1S/C50H48BNO2/c1-3-7-39(8-4-1)52(40-9-5-2-6-10-40)41-23-46-48-47(24-41)54-45-22-38(50-28-34-18-35(29-50)20-36(19-34)30-50)12-14-43(45)51(48)42-13-11-37(21-44(42)53-46)49-25-31-15-32(26-49)17-33(16-31)27-49/h1-14,21-24,31-36H,15-20,25-30H2/i23D,24D. The molecule has 3 nitrogen and oxygen atoms in total. The highest BCUT2D eigenvalue weighted by molar-refractivity contribution is 6.98. The van der Waals surface area contributed by atoms with Gasteiger partial charge in [0.15, 0.2) is 0 Å². The van der Waals surface area contributed by atoms with Gasteiger partial charge in [-0.15, -0.1) is 0 Å². The quantitative estimate of drug-likeness (QED) is 0.166. The number of hydrogen-bond acceptors (Lipinski definition) is 3. The third-order valence-corrected chi connectivity index (χ3v) is 15.9. The Morgan fingerprint density at radius 2 is 0.870 bits per heavy atom. The second-order valence-electron chi connectivity index (χ2n) is 19.2. The molecule has 8 aliphatic carbocycles. The zero-order chi connectivity index (χ0) is 36.9. The molecule has 0 aromatic heterocycles. The van der Waals surface area contributed by atoms with E-state index in [2.05, 4.69) is 60.7 Å². The first-order valence-electron chi connectivity index (χ1n) is 22.1. The first kappa shape index (κ1) is 28.9. The number of rotatable bonds is 5. The molecular weight excluding hydrogens is 657 g/mol. The molecular formula is C50H48BNO2. The molecule has 8 fully saturated rings. The number of fused-ring (bicyclic) bond motifs is 4. The molecule has 0 saturated heterocycles. The van der Waals surface area contributed by atoms with Crippen LogP contribution in [0, 0.1) is 35.5 Å². The molecule has 54 heavy (non-hydrogen) atoms. The molecule has 0 N–H and O–H groups in total. The largest absolute Gasteiger partial charge is 0.458 e. The Morgan fingerprint density at radius 1 is 0.481 bits per heavy atom. The summed E-state index contributed by atoms with van der Waals surface area (Å²) in [5.41, 5.74) is 8.70. The minimum atomic E-state index is -0.174. The van der Waals surface area contributed by atoms with Gasteiger partial charge in [-0.2, -0.15) is 0 Å². The number of para-hydroxylation sites is 2. The Kier molecular flexibility index (Phi) is 5.94. The van der Waals surface area contributed by atoms with E-state index >= 15 is 0 Å². The van der Waals surface area contributed by atoms with Gasteiger partial charge in [0.1, 0.15) is 23.0 Å². The first-order valence-corrected chi connectivity index (χ1v) is 21.1. The molecule has 0 amide bonds. The van der Waals surface area contributed by atoms with E-state index in [-0.39, 0.29) is 29.6 Å². The van der Waals surface area contributed by atoms with Gasteiger partial charge in [-0.3, -0.25) is 0 Å². The van der Waals surface area contributed by atoms with Crippen molar-refractivity contribution in [3.63, 3.8) is 0 Å². The normalized spacial score (nSPS) is 33.2. The Hall–Kier alpha value is -4.44. The highest BCUT2D eigenvalue weighted by Gasteiger charge is 2.54. The molecule has 2 heterocycles. The summed E-state index contributed by atoms with van der Waals surface area (Å²) in [5, 5.41) is 0. The van der Waals surface area contributed by atoms with E-state index in [1.54, 1.807) is 0 Å². The molecule has 4 heteroatoms. The van der Waals surface area contributed by atoms with Gasteiger partial charge in [-0.1, -0.05) is 60.7 Å². The van der Waals surface area contributed by atoms with Crippen molar-refractivity contribution in [2.45, 2.75) is 87.9 Å². The molecule has 8 saturated carbocycles. The lowest BCUT2D eigenvalue weighted by atomic mass is 9.34. The third kappa shape index (κ3) is 4.49. The maximum Gasteiger partial charge on any atom is 0.260 e. The van der Waals surface area contributed by atoms with Crippen LogP contribution in [-0.4, -0.2) is 6.71 Å². The van der Waals surface area contributed by atoms with Gasteiger partial charge in [-0.05, 0) is 182 Å². The molecule has 5 aromatic rings. The second kappa shape index (κ2) is 11.1. The molecule has 5 aromatic carbocycles.